The van der Waals surface area contributed by atoms with E-state index in [1.807, 2.05) is 37.2 Å². The summed E-state index contributed by atoms with van der Waals surface area (Å²) in [6, 6.07) is 5.41. The molecule has 5 aliphatic rings. The van der Waals surface area contributed by atoms with E-state index < -0.39 is 24.2 Å². The number of benzene rings is 1. The van der Waals surface area contributed by atoms with Crippen molar-refractivity contribution in [2.24, 2.45) is 34.8 Å². The Morgan fingerprint density at radius 2 is 2.08 bits per heavy atom. The van der Waals surface area contributed by atoms with E-state index in [1.165, 1.54) is 6.42 Å². The molecular weight excluding hydrogens is 618 g/mol. The molecule has 2 heterocycles. The fraction of sp³-hybridized carbons (Fsp3) is 0.667. The number of methoxy groups -OCH3 is 1. The van der Waals surface area contributed by atoms with Gasteiger partial charge in [0.25, 0.3) is 0 Å². The molecule has 2 bridgehead atoms. The van der Waals surface area contributed by atoms with E-state index in [9.17, 15) is 9.90 Å². The van der Waals surface area contributed by atoms with Crippen molar-refractivity contribution in [3.05, 3.63) is 59.3 Å². The second-order valence-electron chi connectivity index (χ2n) is 15.5. The molecule has 1 aromatic carbocycles. The Morgan fingerprint density at radius 1 is 1.31 bits per heavy atom. The number of carbonyl (C=O) groups is 1. The van der Waals surface area contributed by atoms with E-state index in [0.717, 1.165) is 54.8 Å². The predicted octanol–water partition coefficient (Wildman–Crippen LogP) is 4.11. The number of likely N-dealkylation sites (N-methyl/N-ethyl adjacent to an activating group) is 1. The van der Waals surface area contributed by atoms with Crippen LogP contribution in [0.3, 0.4) is 0 Å². The van der Waals surface area contributed by atoms with Gasteiger partial charge in [0.1, 0.15) is 11.8 Å². The Balaban J connectivity index is 1.35. The topological polar surface area (TPSA) is 122 Å². The van der Waals surface area contributed by atoms with Gasteiger partial charge in [-0.25, -0.2) is 0 Å². The molecule has 10 nitrogen and oxygen atoms in total. The summed E-state index contributed by atoms with van der Waals surface area (Å²) in [6.45, 7) is 15.7. The quantitative estimate of drug-likeness (QED) is 0.203. The summed E-state index contributed by atoms with van der Waals surface area (Å²) in [5, 5.41) is 19.6. The van der Waals surface area contributed by atoms with Gasteiger partial charge in [-0.05, 0) is 67.4 Å². The molecule has 1 aromatic rings. The van der Waals surface area contributed by atoms with Gasteiger partial charge in [0.2, 0.25) is 5.91 Å². The number of amides is 1. The number of fused-ring (bicyclic) bond motifs is 2. The Morgan fingerprint density at radius 3 is 2.69 bits per heavy atom. The van der Waals surface area contributed by atoms with Gasteiger partial charge >= 0.3 is 0 Å². The summed E-state index contributed by atoms with van der Waals surface area (Å²) >= 11 is 0. The van der Waals surface area contributed by atoms with Gasteiger partial charge in [-0.2, -0.15) is 5.06 Å². The summed E-state index contributed by atoms with van der Waals surface area (Å²) in [5.74, 6) is 1.73. The summed E-state index contributed by atoms with van der Waals surface area (Å²) in [4.78, 5) is 22.5. The molecule has 9 atom stereocenters. The molecule has 0 aromatic heterocycles. The highest BCUT2D eigenvalue weighted by Gasteiger charge is 2.57. The van der Waals surface area contributed by atoms with Crippen LogP contribution in [0.5, 0.6) is 5.75 Å². The van der Waals surface area contributed by atoms with E-state index in [1.54, 1.807) is 19.1 Å². The first kappa shape index (κ1) is 37.5. The molecule has 6 rings (SSSR count). The zero-order valence-corrected chi connectivity index (χ0v) is 30.8. The largest absolute Gasteiger partial charge is 0.496 e. The van der Waals surface area contributed by atoms with Crippen molar-refractivity contribution >= 4 is 12.0 Å². The molecule has 3 saturated carbocycles. The molecule has 1 amide bonds. The van der Waals surface area contributed by atoms with E-state index >= 15 is 0 Å². The van der Waals surface area contributed by atoms with Crippen molar-refractivity contribution < 1.29 is 24.2 Å². The molecule has 0 radical (unpaired) electrons. The molecule has 0 spiro atoms. The number of allylic oxidation sites excluding steroid dienone is 1. The highest BCUT2D eigenvalue weighted by atomic mass is 16.7. The maximum Gasteiger partial charge on any atom is 0.240 e. The van der Waals surface area contributed by atoms with Gasteiger partial charge in [-0.1, -0.05) is 57.7 Å². The van der Waals surface area contributed by atoms with Crippen molar-refractivity contribution in [3.63, 3.8) is 0 Å². The monoisotopic (exact) mass is 679 g/mol. The van der Waals surface area contributed by atoms with Crippen LogP contribution in [-0.4, -0.2) is 98.8 Å². The number of hydrogen-bond donors (Lipinski definition) is 4. The molecule has 5 N–H and O–H groups in total. The van der Waals surface area contributed by atoms with Crippen LogP contribution >= 0.6 is 0 Å². The Labute approximate surface area is 294 Å². The molecule has 2 saturated heterocycles. The lowest BCUT2D eigenvalue weighted by Crippen LogP contribution is -2.62. The standard InChI is InChI=1S/C39H61N5O5/c1-24(43(6)7)17-27(21-41-22-31-13-10-16-48-31)14-15-28-11-9-12-29(37(28)47-8)23-44-36(35(26(3)45)34(20-40)49-44)38(46)42-33-19-30-18-32(25(33)2)39(30,4)5/h9,11-12,14-15,17,25-26,30-36,41,45H,1,10,13,16,18-23,40H2,2-8H3,(H,42,46)/b15-14+,27-17+/t25-,26-,30+,31+,32-,33-,34-,35+,36-/m0/s1. The first-order valence-electron chi connectivity index (χ1n) is 18.2. The number of nitrogens with one attached hydrogen (secondary N) is 2. The second-order valence-corrected chi connectivity index (χ2v) is 15.5. The maximum atomic E-state index is 14.2. The van der Waals surface area contributed by atoms with Crippen LogP contribution in [0.2, 0.25) is 0 Å². The summed E-state index contributed by atoms with van der Waals surface area (Å²) in [7, 11) is 5.63. The number of rotatable bonds is 15. The Kier molecular flexibility index (Phi) is 12.3. The third-order valence-electron chi connectivity index (χ3n) is 11.9. The number of aliphatic hydroxyl groups is 1. The minimum Gasteiger partial charge on any atom is -0.496 e. The van der Waals surface area contributed by atoms with E-state index in [4.69, 9.17) is 20.0 Å². The zero-order chi connectivity index (χ0) is 35.5. The third kappa shape index (κ3) is 8.26. The van der Waals surface area contributed by atoms with Gasteiger partial charge in [0.15, 0.2) is 0 Å². The van der Waals surface area contributed by atoms with E-state index in [-0.39, 0.29) is 24.6 Å². The lowest BCUT2D eigenvalue weighted by atomic mass is 9.45. The SMILES string of the molecule is C=C(/C=C(\C=C\c1cccc(CN2O[C@@H](CN)[C@@H]([C@H](C)O)[C@H]2C(=O)N[C@H]2C[C@H]3C[C@@H]([C@@H]2C)C3(C)C)c1OC)CNC[C@H]1CCCO1)N(C)C. The molecule has 2 aliphatic heterocycles. The summed E-state index contributed by atoms with van der Waals surface area (Å²) in [6.07, 6.45) is 9.64. The van der Waals surface area contributed by atoms with Gasteiger partial charge < -0.3 is 35.8 Å². The van der Waals surface area contributed by atoms with Crippen molar-refractivity contribution in [1.82, 2.24) is 20.6 Å². The van der Waals surface area contributed by atoms with E-state index in [0.29, 0.717) is 42.0 Å². The van der Waals surface area contributed by atoms with Gasteiger partial charge in [0.05, 0.1) is 32.0 Å². The van der Waals surface area contributed by atoms with Crippen LogP contribution in [0.1, 0.15) is 64.5 Å². The molecule has 3 aliphatic carbocycles. The Bertz CT molecular complexity index is 1370. The van der Waals surface area contributed by atoms with Crippen LogP contribution in [-0.2, 0) is 20.9 Å². The minimum atomic E-state index is -0.780. The number of aliphatic hydroxyl groups excluding tert-OH is 1. The van der Waals surface area contributed by atoms with Crippen LogP contribution in [0.4, 0.5) is 0 Å². The highest BCUT2D eigenvalue weighted by Crippen LogP contribution is 2.61. The lowest BCUT2D eigenvalue weighted by Gasteiger charge is -2.62. The maximum absolute atomic E-state index is 14.2. The average molecular weight is 680 g/mol. The predicted molar refractivity (Wildman–Crippen MR) is 194 cm³/mol. The van der Waals surface area contributed by atoms with Gasteiger partial charge in [-0.3, -0.25) is 9.63 Å². The second kappa shape index (κ2) is 16.1. The number of para-hydroxylation sites is 1. The number of ether oxygens (including phenoxy) is 2. The van der Waals surface area contributed by atoms with Crippen LogP contribution in [0.15, 0.2) is 48.2 Å². The van der Waals surface area contributed by atoms with Gasteiger partial charge in [0, 0.05) is 69.1 Å². The molecule has 49 heavy (non-hydrogen) atoms. The molecule has 272 valence electrons. The average Bonchev–Trinajstić information content (AvgIpc) is 3.72. The Hall–Kier alpha value is -2.73. The fourth-order valence-corrected chi connectivity index (χ4v) is 8.69. The van der Waals surface area contributed by atoms with E-state index in [2.05, 4.69) is 56.2 Å². The zero-order valence-electron chi connectivity index (χ0n) is 30.8. The van der Waals surface area contributed by atoms with Gasteiger partial charge in [-0.15, -0.1) is 0 Å². The molecular formula is C39H61N5O5. The van der Waals surface area contributed by atoms with Crippen molar-refractivity contribution in [2.45, 2.75) is 90.3 Å². The number of carbonyl (C=O) groups excluding carboxylic acids is 1. The number of hydroxylamine groups is 2. The normalized spacial score (nSPS) is 31.8. The van der Waals surface area contributed by atoms with Crippen molar-refractivity contribution in [1.29, 1.82) is 0 Å². The lowest BCUT2D eigenvalue weighted by molar-refractivity contribution is -0.175. The molecule has 10 heteroatoms. The summed E-state index contributed by atoms with van der Waals surface area (Å²) in [5.41, 5.74) is 10.2. The number of nitrogens with zero attached hydrogens (tertiary/aromatic N) is 2. The number of nitrogens with two attached hydrogens (primary N) is 1. The third-order valence-corrected chi connectivity index (χ3v) is 11.9. The smallest absolute Gasteiger partial charge is 0.240 e. The highest BCUT2D eigenvalue weighted by molar-refractivity contribution is 5.83. The minimum absolute atomic E-state index is 0.103. The van der Waals surface area contributed by atoms with Crippen LogP contribution in [0.25, 0.3) is 6.08 Å². The molecule has 5 fully saturated rings. The van der Waals surface area contributed by atoms with Crippen LogP contribution < -0.4 is 21.1 Å². The number of hydrogen-bond acceptors (Lipinski definition) is 9. The van der Waals surface area contributed by atoms with Crippen molar-refractivity contribution in [2.75, 3.05) is 47.4 Å². The fourth-order valence-electron chi connectivity index (χ4n) is 8.69. The van der Waals surface area contributed by atoms with Crippen LogP contribution in [0, 0.1) is 29.1 Å². The first-order chi connectivity index (χ1) is 23.3. The van der Waals surface area contributed by atoms with Crippen molar-refractivity contribution in [3.8, 4) is 5.75 Å². The first-order valence-corrected chi connectivity index (χ1v) is 18.2. The molecule has 0 unspecified atom stereocenters. The summed E-state index contributed by atoms with van der Waals surface area (Å²) < 4.78 is 11.8.